The largest absolute Gasteiger partial charge is 0.383 e. The minimum absolute atomic E-state index is 0.321. The van der Waals surface area contributed by atoms with Gasteiger partial charge in [-0.3, -0.25) is 0 Å². The van der Waals surface area contributed by atoms with Crippen molar-refractivity contribution in [2.75, 3.05) is 0 Å². The maximum Gasteiger partial charge on any atom is 0.383 e. The minimum Gasteiger partial charge on any atom is -0.204 e. The molecule has 0 radical (unpaired) electrons. The molecule has 0 amide bonds. The summed E-state index contributed by atoms with van der Waals surface area (Å²) in [5.74, 6) is -19.5. The van der Waals surface area contributed by atoms with Gasteiger partial charge in [0.2, 0.25) is 0 Å². The first-order valence-corrected chi connectivity index (χ1v) is 5.59. The van der Waals surface area contributed by atoms with Gasteiger partial charge in [-0.05, 0) is 12.0 Å². The third-order valence-electron chi connectivity index (χ3n) is 2.72. The van der Waals surface area contributed by atoms with Crippen molar-refractivity contribution in [3.05, 3.63) is 47.9 Å². The predicted molar refractivity (Wildman–Crippen MR) is 60.7 cm³/mol. The lowest BCUT2D eigenvalue weighted by Crippen LogP contribution is -2.49. The van der Waals surface area contributed by atoms with E-state index in [4.69, 9.17) is 0 Å². The fraction of sp³-hybridized carbons (Fsp3) is 0.385. The van der Waals surface area contributed by atoms with Crippen LogP contribution < -0.4 is 0 Å². The van der Waals surface area contributed by atoms with Crippen LogP contribution in [0.25, 0.3) is 0 Å². The number of hydrogen-bond donors (Lipinski definition) is 0. The number of rotatable bonds is 4. The lowest BCUT2D eigenvalue weighted by molar-refractivity contribution is -0.267. The van der Waals surface area contributed by atoms with Gasteiger partial charge in [0.05, 0.1) is 5.57 Å². The lowest BCUT2D eigenvalue weighted by atomic mass is 9.99. The lowest BCUT2D eigenvalue weighted by Gasteiger charge is -2.24. The van der Waals surface area contributed by atoms with Gasteiger partial charge in [0.25, 0.3) is 0 Å². The van der Waals surface area contributed by atoms with Gasteiger partial charge in [0.1, 0.15) is 0 Å². The van der Waals surface area contributed by atoms with Crippen molar-refractivity contribution in [3.63, 3.8) is 0 Å². The monoisotopic (exact) mass is 300 g/mol. The second-order valence-electron chi connectivity index (χ2n) is 4.08. The first kappa shape index (κ1) is 16.5. The molecule has 1 rings (SSSR count). The summed E-state index contributed by atoms with van der Waals surface area (Å²) in [4.78, 5) is 0. The third-order valence-corrected chi connectivity index (χ3v) is 2.72. The molecule has 7 heteroatoms. The van der Waals surface area contributed by atoms with Gasteiger partial charge in [-0.25, -0.2) is 4.39 Å². The van der Waals surface area contributed by atoms with E-state index in [1.54, 1.807) is 6.92 Å². The molecular formula is C13H11F7. The Hall–Kier alpha value is -1.53. The van der Waals surface area contributed by atoms with E-state index in [0.29, 0.717) is 6.42 Å². The number of alkyl halides is 6. The fourth-order valence-electron chi connectivity index (χ4n) is 1.69. The van der Waals surface area contributed by atoms with Crippen molar-refractivity contribution in [1.29, 1.82) is 0 Å². The Balaban J connectivity index is 3.56. The molecule has 0 saturated carbocycles. The van der Waals surface area contributed by atoms with Crippen LogP contribution in [0.1, 0.15) is 13.3 Å². The van der Waals surface area contributed by atoms with Crippen LogP contribution in [0.3, 0.4) is 0 Å². The molecule has 0 fully saturated rings. The molecule has 0 aromatic heterocycles. The average molecular weight is 300 g/mol. The first-order valence-electron chi connectivity index (χ1n) is 5.59. The summed E-state index contributed by atoms with van der Waals surface area (Å²) in [7, 11) is 0. The van der Waals surface area contributed by atoms with Crippen molar-refractivity contribution in [3.8, 4) is 0 Å². The quantitative estimate of drug-likeness (QED) is 0.494. The molecule has 0 aromatic carbocycles. The molecule has 1 aliphatic carbocycles. The van der Waals surface area contributed by atoms with E-state index < -0.39 is 34.7 Å². The Kier molecular flexibility index (Phi) is 4.22. The van der Waals surface area contributed by atoms with Crippen LogP contribution in [0, 0.1) is 0 Å². The van der Waals surface area contributed by atoms with E-state index in [2.05, 4.69) is 6.58 Å². The fourth-order valence-corrected chi connectivity index (χ4v) is 1.69. The highest BCUT2D eigenvalue weighted by atomic mass is 19.3. The molecule has 0 bridgehead atoms. The van der Waals surface area contributed by atoms with Gasteiger partial charge in [-0.15, -0.1) is 0 Å². The van der Waals surface area contributed by atoms with Crippen LogP contribution >= 0.6 is 0 Å². The summed E-state index contributed by atoms with van der Waals surface area (Å²) in [6.07, 6.45) is 4.14. The number of halogens is 7. The normalized spacial score (nSPS) is 24.5. The maximum atomic E-state index is 13.5. The van der Waals surface area contributed by atoms with E-state index in [-0.39, 0.29) is 0 Å². The molecular weight excluding hydrogens is 289 g/mol. The molecule has 0 unspecified atom stereocenters. The van der Waals surface area contributed by atoms with Gasteiger partial charge in [-0.2, -0.15) is 26.3 Å². The Morgan fingerprint density at radius 2 is 1.65 bits per heavy atom. The second kappa shape index (κ2) is 5.10. The zero-order valence-electron chi connectivity index (χ0n) is 10.4. The third kappa shape index (κ3) is 2.09. The van der Waals surface area contributed by atoms with Crippen molar-refractivity contribution < 1.29 is 30.7 Å². The highest BCUT2D eigenvalue weighted by molar-refractivity contribution is 5.54. The molecule has 0 saturated heterocycles. The van der Waals surface area contributed by atoms with Gasteiger partial charge in [0, 0.05) is 0 Å². The van der Waals surface area contributed by atoms with E-state index in [1.165, 1.54) is 6.08 Å². The molecule has 0 aromatic rings. The van der Waals surface area contributed by atoms with Crippen LogP contribution in [-0.4, -0.2) is 17.8 Å². The Labute approximate surface area is 111 Å². The van der Waals surface area contributed by atoms with Crippen LogP contribution in [0.5, 0.6) is 0 Å². The predicted octanol–water partition coefficient (Wildman–Crippen LogP) is 5.21. The second-order valence-corrected chi connectivity index (χ2v) is 4.08. The first-order chi connectivity index (χ1) is 9.05. The van der Waals surface area contributed by atoms with E-state index in [0.717, 1.165) is 18.2 Å². The van der Waals surface area contributed by atoms with Crippen molar-refractivity contribution in [2.24, 2.45) is 0 Å². The van der Waals surface area contributed by atoms with E-state index in [9.17, 15) is 30.7 Å². The summed E-state index contributed by atoms with van der Waals surface area (Å²) in [6, 6.07) is 0. The summed E-state index contributed by atoms with van der Waals surface area (Å²) in [6.45, 7) is 4.75. The SMILES string of the molecule is C=C/C=C(\C=C/CC)C1=C(F)C(F)(F)C(F)(F)C1(F)F. The number of allylic oxidation sites excluding steroid dienone is 7. The highest BCUT2D eigenvalue weighted by Crippen LogP contribution is 2.61. The van der Waals surface area contributed by atoms with Gasteiger partial charge in [-0.1, -0.05) is 37.8 Å². The van der Waals surface area contributed by atoms with Crippen molar-refractivity contribution in [1.82, 2.24) is 0 Å². The van der Waals surface area contributed by atoms with E-state index >= 15 is 0 Å². The smallest absolute Gasteiger partial charge is 0.204 e. The topological polar surface area (TPSA) is 0 Å². The Morgan fingerprint density at radius 3 is 2.00 bits per heavy atom. The van der Waals surface area contributed by atoms with Gasteiger partial charge < -0.3 is 0 Å². The zero-order chi connectivity index (χ0) is 15.8. The highest BCUT2D eigenvalue weighted by Gasteiger charge is 2.81. The molecule has 0 atom stereocenters. The summed E-state index contributed by atoms with van der Waals surface area (Å²) in [5.41, 5.74) is -2.77. The van der Waals surface area contributed by atoms with Crippen LogP contribution in [0.15, 0.2) is 47.9 Å². The molecule has 0 heterocycles. The summed E-state index contributed by atoms with van der Waals surface area (Å²) in [5, 5.41) is 0. The van der Waals surface area contributed by atoms with Crippen molar-refractivity contribution in [2.45, 2.75) is 31.1 Å². The van der Waals surface area contributed by atoms with E-state index in [1.807, 2.05) is 0 Å². The number of hydrogen-bond acceptors (Lipinski definition) is 0. The molecule has 1 aliphatic rings. The molecule has 0 spiro atoms. The Morgan fingerprint density at radius 1 is 1.10 bits per heavy atom. The van der Waals surface area contributed by atoms with Crippen LogP contribution in [0.4, 0.5) is 30.7 Å². The molecule has 0 nitrogen and oxygen atoms in total. The molecule has 0 aliphatic heterocycles. The Bertz CT molecular complexity index is 495. The summed E-state index contributed by atoms with van der Waals surface area (Å²) >= 11 is 0. The molecule has 112 valence electrons. The van der Waals surface area contributed by atoms with Gasteiger partial charge in [0.15, 0.2) is 5.83 Å². The maximum absolute atomic E-state index is 13.5. The standard InChI is InChI=1S/C13H11F7/c1-3-5-7-8(6-4-2)9-10(14)12(17,18)13(19,20)11(9,15)16/h4-7H,2-3H2,1H3/b7-5-,8-6+. The van der Waals surface area contributed by atoms with Crippen LogP contribution in [-0.2, 0) is 0 Å². The van der Waals surface area contributed by atoms with Crippen LogP contribution in [0.2, 0.25) is 0 Å². The summed E-state index contributed by atoms with van der Waals surface area (Å²) < 4.78 is 92.6. The minimum atomic E-state index is -5.82. The van der Waals surface area contributed by atoms with Gasteiger partial charge >= 0.3 is 17.8 Å². The zero-order valence-corrected chi connectivity index (χ0v) is 10.4. The molecule has 0 N–H and O–H groups in total. The average Bonchev–Trinajstić information content (AvgIpc) is 2.42. The molecule has 20 heavy (non-hydrogen) atoms. The van der Waals surface area contributed by atoms with Crippen molar-refractivity contribution >= 4 is 0 Å².